The molecule has 0 atom stereocenters. The van der Waals surface area contributed by atoms with Crippen LogP contribution in [0.2, 0.25) is 10.0 Å². The fourth-order valence-electron chi connectivity index (χ4n) is 2.11. The first-order valence-corrected chi connectivity index (χ1v) is 10.5. The molecule has 156 valence electrons. The first-order valence-electron chi connectivity index (χ1n) is 8.28. The first-order chi connectivity index (χ1) is 13.7. The Labute approximate surface area is 178 Å². The first kappa shape index (κ1) is 23.0. The number of hydrogen-bond donors (Lipinski definition) is 2. The van der Waals surface area contributed by atoms with E-state index < -0.39 is 22.5 Å². The van der Waals surface area contributed by atoms with E-state index in [1.54, 1.807) is 12.1 Å². The third-order valence-electron chi connectivity index (χ3n) is 3.39. The van der Waals surface area contributed by atoms with Gasteiger partial charge in [-0.3, -0.25) is 9.59 Å². The summed E-state index contributed by atoms with van der Waals surface area (Å²) in [4.78, 5) is 22.6. The molecule has 29 heavy (non-hydrogen) atoms. The summed E-state index contributed by atoms with van der Waals surface area (Å²) in [5.74, 6) is -0.659. The number of amides is 1. The van der Waals surface area contributed by atoms with E-state index in [1.807, 2.05) is 0 Å². The quantitative estimate of drug-likeness (QED) is 0.439. The number of hydrogen-bond acceptors (Lipinski definition) is 6. The second kappa shape index (κ2) is 10.4. The van der Waals surface area contributed by atoms with Gasteiger partial charge in [0.2, 0.25) is 15.9 Å². The molecule has 0 aliphatic heterocycles. The van der Waals surface area contributed by atoms with Crippen molar-refractivity contribution in [3.8, 4) is 5.75 Å². The van der Waals surface area contributed by atoms with Gasteiger partial charge in [0.15, 0.2) is 0 Å². The van der Waals surface area contributed by atoms with Crippen LogP contribution in [0.4, 0.5) is 5.69 Å². The van der Waals surface area contributed by atoms with Crippen LogP contribution in [0.25, 0.3) is 0 Å². The lowest BCUT2D eigenvalue weighted by atomic mass is 10.3. The van der Waals surface area contributed by atoms with E-state index in [0.717, 1.165) is 0 Å². The number of carbonyl (C=O) groups excluding carboxylic acids is 2. The number of sulfonamides is 1. The van der Waals surface area contributed by atoms with E-state index in [2.05, 4.69) is 10.0 Å². The van der Waals surface area contributed by atoms with E-state index >= 15 is 0 Å². The van der Waals surface area contributed by atoms with E-state index in [9.17, 15) is 18.0 Å². The van der Waals surface area contributed by atoms with Gasteiger partial charge in [0.25, 0.3) is 0 Å². The fraction of sp³-hybridized carbons (Fsp3) is 0.222. The number of esters is 1. The Morgan fingerprint density at radius 1 is 1.03 bits per heavy atom. The van der Waals surface area contributed by atoms with Gasteiger partial charge < -0.3 is 14.8 Å². The van der Waals surface area contributed by atoms with Crippen LogP contribution in [-0.4, -0.2) is 40.1 Å². The molecular weight excluding hydrogens is 443 g/mol. The maximum absolute atomic E-state index is 12.2. The van der Waals surface area contributed by atoms with Crippen LogP contribution in [0.1, 0.15) is 6.92 Å². The molecule has 0 aliphatic carbocycles. The molecule has 0 saturated heterocycles. The lowest BCUT2D eigenvalue weighted by Crippen LogP contribution is -2.31. The average Bonchev–Trinajstić information content (AvgIpc) is 2.65. The van der Waals surface area contributed by atoms with E-state index in [0.29, 0.717) is 21.5 Å². The molecule has 11 heteroatoms. The summed E-state index contributed by atoms with van der Waals surface area (Å²) in [5.41, 5.74) is 0.455. The zero-order chi connectivity index (χ0) is 21.4. The van der Waals surface area contributed by atoms with Gasteiger partial charge in [-0.2, -0.15) is 4.72 Å². The summed E-state index contributed by atoms with van der Waals surface area (Å²) in [6.45, 7) is 0.736. The molecule has 0 fully saturated rings. The highest BCUT2D eigenvalue weighted by atomic mass is 35.5. The van der Waals surface area contributed by atoms with E-state index in [-0.39, 0.29) is 24.0 Å². The van der Waals surface area contributed by atoms with Crippen molar-refractivity contribution in [2.24, 2.45) is 0 Å². The van der Waals surface area contributed by atoms with Crippen LogP contribution in [0, 0.1) is 0 Å². The maximum Gasteiger partial charge on any atom is 0.321 e. The second-order valence-electron chi connectivity index (χ2n) is 5.67. The highest BCUT2D eigenvalue weighted by Crippen LogP contribution is 2.27. The molecular formula is C18H18Cl2N2O6S. The average molecular weight is 461 g/mol. The van der Waals surface area contributed by atoms with Crippen LogP contribution < -0.4 is 14.8 Å². The van der Waals surface area contributed by atoms with Crippen LogP contribution in [0.5, 0.6) is 5.75 Å². The Morgan fingerprint density at radius 3 is 2.34 bits per heavy atom. The number of nitrogens with one attached hydrogen (secondary N) is 2. The van der Waals surface area contributed by atoms with Gasteiger partial charge in [0, 0.05) is 17.6 Å². The smallest absolute Gasteiger partial charge is 0.321 e. The van der Waals surface area contributed by atoms with Crippen molar-refractivity contribution in [3.05, 3.63) is 52.5 Å². The standard InChI is InChI=1S/C18H18Cl2N2O6S/c1-12(23)22-14-3-5-15(6-4-14)29(25,26)21-11-18(24)28-9-8-27-17-7-2-13(19)10-16(17)20/h2-7,10,21H,8-9,11H2,1H3,(H,22,23). The number of halogens is 2. The third-order valence-corrected chi connectivity index (χ3v) is 5.34. The highest BCUT2D eigenvalue weighted by Gasteiger charge is 2.16. The fourth-order valence-corrected chi connectivity index (χ4v) is 3.54. The molecule has 0 aliphatic rings. The van der Waals surface area contributed by atoms with Crippen LogP contribution in [0.3, 0.4) is 0 Å². The molecule has 8 nitrogen and oxygen atoms in total. The highest BCUT2D eigenvalue weighted by molar-refractivity contribution is 7.89. The van der Waals surface area contributed by atoms with Crippen molar-refractivity contribution in [3.63, 3.8) is 0 Å². The zero-order valence-corrected chi connectivity index (χ0v) is 17.6. The lowest BCUT2D eigenvalue weighted by molar-refractivity contribution is -0.142. The van der Waals surface area contributed by atoms with Gasteiger partial charge in [0.05, 0.1) is 9.92 Å². The molecule has 0 unspecified atom stereocenters. The van der Waals surface area contributed by atoms with Crippen molar-refractivity contribution in [2.45, 2.75) is 11.8 Å². The molecule has 2 rings (SSSR count). The zero-order valence-electron chi connectivity index (χ0n) is 15.3. The minimum absolute atomic E-state index is 0.0322. The molecule has 0 heterocycles. The number of anilines is 1. The van der Waals surface area contributed by atoms with Gasteiger partial charge in [-0.15, -0.1) is 0 Å². The van der Waals surface area contributed by atoms with Gasteiger partial charge >= 0.3 is 5.97 Å². The van der Waals surface area contributed by atoms with Crippen molar-refractivity contribution in [1.82, 2.24) is 4.72 Å². The number of carbonyl (C=O) groups is 2. The molecule has 0 saturated carbocycles. The predicted molar refractivity (Wildman–Crippen MR) is 109 cm³/mol. The third kappa shape index (κ3) is 7.54. The Hall–Kier alpha value is -2.33. The van der Waals surface area contributed by atoms with Gasteiger partial charge in [-0.25, -0.2) is 8.42 Å². The maximum atomic E-state index is 12.2. The van der Waals surface area contributed by atoms with Gasteiger partial charge in [0.1, 0.15) is 25.5 Å². The van der Waals surface area contributed by atoms with Gasteiger partial charge in [-0.1, -0.05) is 23.2 Å². The minimum Gasteiger partial charge on any atom is -0.488 e. The SMILES string of the molecule is CC(=O)Nc1ccc(S(=O)(=O)NCC(=O)OCCOc2ccc(Cl)cc2Cl)cc1. The summed E-state index contributed by atoms with van der Waals surface area (Å²) in [6.07, 6.45) is 0. The Morgan fingerprint density at radius 2 is 1.72 bits per heavy atom. The largest absolute Gasteiger partial charge is 0.488 e. The number of ether oxygens (including phenoxy) is 2. The van der Waals surface area contributed by atoms with Crippen molar-refractivity contribution in [2.75, 3.05) is 25.1 Å². The second-order valence-corrected chi connectivity index (χ2v) is 8.28. The van der Waals surface area contributed by atoms with Crippen LogP contribution in [0.15, 0.2) is 47.4 Å². The molecule has 1 amide bonds. The van der Waals surface area contributed by atoms with E-state index in [4.69, 9.17) is 32.7 Å². The summed E-state index contributed by atoms with van der Waals surface area (Å²) in [7, 11) is -3.91. The lowest BCUT2D eigenvalue weighted by Gasteiger charge is -2.10. The molecule has 0 spiro atoms. The monoisotopic (exact) mass is 460 g/mol. The molecule has 2 N–H and O–H groups in total. The molecule has 0 bridgehead atoms. The topological polar surface area (TPSA) is 111 Å². The normalized spacial score (nSPS) is 11.0. The molecule has 0 aromatic heterocycles. The Bertz CT molecular complexity index is 980. The van der Waals surface area contributed by atoms with Gasteiger partial charge in [-0.05, 0) is 42.5 Å². The minimum atomic E-state index is -3.91. The summed E-state index contributed by atoms with van der Waals surface area (Å²) in [5, 5.41) is 3.31. The molecule has 2 aromatic rings. The summed E-state index contributed by atoms with van der Waals surface area (Å²) < 4.78 is 36.8. The Balaban J connectivity index is 1.76. The summed E-state index contributed by atoms with van der Waals surface area (Å²) >= 11 is 11.7. The Kier molecular flexibility index (Phi) is 8.27. The molecule has 0 radical (unpaired) electrons. The number of benzene rings is 2. The van der Waals surface area contributed by atoms with Crippen molar-refractivity contribution < 1.29 is 27.5 Å². The van der Waals surface area contributed by atoms with Crippen molar-refractivity contribution in [1.29, 1.82) is 0 Å². The van der Waals surface area contributed by atoms with Crippen LogP contribution in [-0.2, 0) is 24.3 Å². The van der Waals surface area contributed by atoms with E-state index in [1.165, 1.54) is 37.3 Å². The van der Waals surface area contributed by atoms with Crippen molar-refractivity contribution >= 4 is 50.8 Å². The molecule has 2 aromatic carbocycles. The predicted octanol–water partition coefficient (Wildman–Crippen LogP) is 2.85. The summed E-state index contributed by atoms with van der Waals surface area (Å²) in [6, 6.07) is 10.2. The van der Waals surface area contributed by atoms with Crippen LogP contribution >= 0.6 is 23.2 Å². The number of rotatable bonds is 9.